The van der Waals surface area contributed by atoms with Gasteiger partial charge in [0.15, 0.2) is 0 Å². The van der Waals surface area contributed by atoms with Crippen LogP contribution in [0, 0.1) is 11.3 Å². The summed E-state index contributed by atoms with van der Waals surface area (Å²) in [6.45, 7) is 3.91. The molecule has 0 bridgehead atoms. The average Bonchev–Trinajstić information content (AvgIpc) is 2.13. The van der Waals surface area contributed by atoms with Crippen LogP contribution in [-0.2, 0) is 4.79 Å². The van der Waals surface area contributed by atoms with E-state index in [0.717, 1.165) is 19.5 Å². The molecule has 4 heteroatoms. The Morgan fingerprint density at radius 2 is 2.31 bits per heavy atom. The van der Waals surface area contributed by atoms with Crippen molar-refractivity contribution in [3.05, 3.63) is 0 Å². The Hall–Kier alpha value is -1.08. The van der Waals surface area contributed by atoms with E-state index in [0.29, 0.717) is 6.54 Å². The van der Waals surface area contributed by atoms with Gasteiger partial charge in [0.25, 0.3) is 0 Å². The Balaban J connectivity index is 2.55. The molecule has 0 saturated carbocycles. The first-order valence-electron chi connectivity index (χ1n) is 4.56. The van der Waals surface area contributed by atoms with Gasteiger partial charge in [-0.1, -0.05) is 6.92 Å². The summed E-state index contributed by atoms with van der Waals surface area (Å²) in [4.78, 5) is 15.0. The third kappa shape index (κ3) is 2.19. The lowest BCUT2D eigenvalue weighted by atomic mass is 10.2. The van der Waals surface area contributed by atoms with E-state index in [-0.39, 0.29) is 11.9 Å². The SMILES string of the molecule is CCC(C#N)N1CCN(C)C(=O)C1. The van der Waals surface area contributed by atoms with E-state index < -0.39 is 0 Å². The molecule has 0 N–H and O–H groups in total. The molecule has 0 aliphatic carbocycles. The number of nitrogens with zero attached hydrogens (tertiary/aromatic N) is 3. The molecule has 1 heterocycles. The molecule has 0 radical (unpaired) electrons. The quantitative estimate of drug-likeness (QED) is 0.605. The first-order chi connectivity index (χ1) is 6.19. The van der Waals surface area contributed by atoms with Crippen LogP contribution in [0.5, 0.6) is 0 Å². The molecule has 0 aromatic rings. The Labute approximate surface area is 78.7 Å². The molecule has 4 nitrogen and oxygen atoms in total. The van der Waals surface area contributed by atoms with Crippen molar-refractivity contribution in [2.45, 2.75) is 19.4 Å². The number of piperazine rings is 1. The Morgan fingerprint density at radius 3 is 2.77 bits per heavy atom. The molecule has 13 heavy (non-hydrogen) atoms. The second-order valence-electron chi connectivity index (χ2n) is 3.34. The zero-order valence-corrected chi connectivity index (χ0v) is 8.16. The van der Waals surface area contributed by atoms with Gasteiger partial charge in [0.1, 0.15) is 0 Å². The van der Waals surface area contributed by atoms with E-state index in [2.05, 4.69) is 6.07 Å². The maximum absolute atomic E-state index is 11.3. The normalized spacial score (nSPS) is 21.3. The lowest BCUT2D eigenvalue weighted by Crippen LogP contribution is -2.51. The monoisotopic (exact) mass is 181 g/mol. The van der Waals surface area contributed by atoms with Gasteiger partial charge in [-0.3, -0.25) is 9.69 Å². The van der Waals surface area contributed by atoms with Gasteiger partial charge in [0.2, 0.25) is 5.91 Å². The lowest BCUT2D eigenvalue weighted by molar-refractivity contribution is -0.134. The fourth-order valence-electron chi connectivity index (χ4n) is 1.47. The largest absolute Gasteiger partial charge is 0.343 e. The Kier molecular flexibility index (Phi) is 3.26. The van der Waals surface area contributed by atoms with Crippen molar-refractivity contribution in [3.63, 3.8) is 0 Å². The van der Waals surface area contributed by atoms with Crippen LogP contribution in [0.25, 0.3) is 0 Å². The second kappa shape index (κ2) is 4.24. The third-order valence-corrected chi connectivity index (χ3v) is 2.46. The number of nitriles is 1. The van der Waals surface area contributed by atoms with E-state index in [9.17, 15) is 4.79 Å². The first kappa shape index (κ1) is 10.0. The third-order valence-electron chi connectivity index (χ3n) is 2.46. The average molecular weight is 181 g/mol. The zero-order chi connectivity index (χ0) is 9.84. The molecule has 0 aromatic heterocycles. The summed E-state index contributed by atoms with van der Waals surface area (Å²) in [5, 5.41) is 8.81. The zero-order valence-electron chi connectivity index (χ0n) is 8.16. The van der Waals surface area contributed by atoms with Crippen LogP contribution in [-0.4, -0.2) is 48.4 Å². The molecule has 1 atom stereocenters. The minimum absolute atomic E-state index is 0.0994. The highest BCUT2D eigenvalue weighted by Crippen LogP contribution is 2.07. The minimum atomic E-state index is -0.0994. The van der Waals surface area contributed by atoms with Gasteiger partial charge >= 0.3 is 0 Å². The molecular formula is C9H15N3O. The molecule has 1 rings (SSSR count). The van der Waals surface area contributed by atoms with E-state index in [4.69, 9.17) is 5.26 Å². The van der Waals surface area contributed by atoms with E-state index in [1.165, 1.54) is 0 Å². The maximum Gasteiger partial charge on any atom is 0.236 e. The fourth-order valence-corrected chi connectivity index (χ4v) is 1.47. The second-order valence-corrected chi connectivity index (χ2v) is 3.34. The van der Waals surface area contributed by atoms with Crippen molar-refractivity contribution in [1.82, 2.24) is 9.80 Å². The molecule has 1 saturated heterocycles. The van der Waals surface area contributed by atoms with Crippen molar-refractivity contribution in [2.24, 2.45) is 0 Å². The highest BCUT2D eigenvalue weighted by Gasteiger charge is 2.25. The van der Waals surface area contributed by atoms with E-state index in [1.54, 1.807) is 11.9 Å². The maximum atomic E-state index is 11.3. The molecule has 72 valence electrons. The van der Waals surface area contributed by atoms with Gasteiger partial charge in [-0.25, -0.2) is 0 Å². The summed E-state index contributed by atoms with van der Waals surface area (Å²) in [6, 6.07) is 2.11. The summed E-state index contributed by atoms with van der Waals surface area (Å²) in [6.07, 6.45) is 0.785. The van der Waals surface area contributed by atoms with Crippen molar-refractivity contribution < 1.29 is 4.79 Å². The van der Waals surface area contributed by atoms with Crippen molar-refractivity contribution in [1.29, 1.82) is 5.26 Å². The predicted molar refractivity (Wildman–Crippen MR) is 48.9 cm³/mol. The number of hydrogen-bond acceptors (Lipinski definition) is 3. The molecule has 1 unspecified atom stereocenters. The molecule has 1 fully saturated rings. The highest BCUT2D eigenvalue weighted by atomic mass is 16.2. The molecule has 1 aliphatic heterocycles. The summed E-state index contributed by atoms with van der Waals surface area (Å²) >= 11 is 0. The highest BCUT2D eigenvalue weighted by molar-refractivity contribution is 5.78. The smallest absolute Gasteiger partial charge is 0.236 e. The molecule has 1 aliphatic rings. The van der Waals surface area contributed by atoms with Gasteiger partial charge in [-0.2, -0.15) is 5.26 Å². The van der Waals surface area contributed by atoms with Gasteiger partial charge in [0, 0.05) is 20.1 Å². The van der Waals surface area contributed by atoms with Crippen LogP contribution in [0.2, 0.25) is 0 Å². The van der Waals surface area contributed by atoms with Gasteiger partial charge < -0.3 is 4.90 Å². The van der Waals surface area contributed by atoms with Crippen LogP contribution in [0.1, 0.15) is 13.3 Å². The Bertz CT molecular complexity index is 234. The molecule has 0 aromatic carbocycles. The van der Waals surface area contributed by atoms with E-state index >= 15 is 0 Å². The molecule has 1 amide bonds. The standard InChI is InChI=1S/C9H15N3O/c1-3-8(6-10)12-5-4-11(2)9(13)7-12/h8H,3-5,7H2,1-2H3. The number of likely N-dealkylation sites (N-methyl/N-ethyl adjacent to an activating group) is 1. The van der Waals surface area contributed by atoms with Crippen LogP contribution in [0.3, 0.4) is 0 Å². The van der Waals surface area contributed by atoms with Crippen LogP contribution in [0.15, 0.2) is 0 Å². The van der Waals surface area contributed by atoms with E-state index in [1.807, 2.05) is 11.8 Å². The number of carbonyl (C=O) groups excluding carboxylic acids is 1. The summed E-state index contributed by atoms with van der Waals surface area (Å²) in [5.41, 5.74) is 0. The number of carbonyl (C=O) groups is 1. The lowest BCUT2D eigenvalue weighted by Gasteiger charge is -2.34. The van der Waals surface area contributed by atoms with Crippen molar-refractivity contribution >= 4 is 5.91 Å². The minimum Gasteiger partial charge on any atom is -0.343 e. The van der Waals surface area contributed by atoms with Crippen molar-refractivity contribution in [3.8, 4) is 6.07 Å². The summed E-state index contributed by atoms with van der Waals surface area (Å²) < 4.78 is 0. The van der Waals surface area contributed by atoms with Crippen molar-refractivity contribution in [2.75, 3.05) is 26.7 Å². The Morgan fingerprint density at radius 1 is 1.62 bits per heavy atom. The first-order valence-corrected chi connectivity index (χ1v) is 4.56. The van der Waals surface area contributed by atoms with Crippen LogP contribution >= 0.6 is 0 Å². The number of hydrogen-bond donors (Lipinski definition) is 0. The summed E-state index contributed by atoms with van der Waals surface area (Å²) in [7, 11) is 1.80. The summed E-state index contributed by atoms with van der Waals surface area (Å²) in [5.74, 6) is 0.111. The molecular weight excluding hydrogens is 166 g/mol. The van der Waals surface area contributed by atoms with Crippen LogP contribution < -0.4 is 0 Å². The van der Waals surface area contributed by atoms with Gasteiger partial charge in [-0.05, 0) is 6.42 Å². The predicted octanol–water partition coefficient (Wildman–Crippen LogP) is 0.0626. The van der Waals surface area contributed by atoms with Gasteiger partial charge in [-0.15, -0.1) is 0 Å². The fraction of sp³-hybridized carbons (Fsp3) is 0.778. The molecule has 0 spiro atoms. The number of amides is 1. The topological polar surface area (TPSA) is 47.3 Å². The van der Waals surface area contributed by atoms with Gasteiger partial charge in [0.05, 0.1) is 18.7 Å². The van der Waals surface area contributed by atoms with Crippen LogP contribution in [0.4, 0.5) is 0 Å². The number of rotatable bonds is 2.